The van der Waals surface area contributed by atoms with Crippen molar-refractivity contribution in [3.63, 3.8) is 0 Å². The van der Waals surface area contributed by atoms with Crippen LogP contribution in [0.4, 0.5) is 11.6 Å². The van der Waals surface area contributed by atoms with Gasteiger partial charge in [-0.15, -0.1) is 0 Å². The Labute approximate surface area is 319 Å². The van der Waals surface area contributed by atoms with Gasteiger partial charge in [0.05, 0.1) is 17.9 Å². The lowest BCUT2D eigenvalue weighted by molar-refractivity contribution is -0.148. The van der Waals surface area contributed by atoms with Crippen molar-refractivity contribution in [2.24, 2.45) is 23.2 Å². The molecule has 5 N–H and O–H groups in total. The summed E-state index contributed by atoms with van der Waals surface area (Å²) in [5, 5.41) is 23.5. The number of amides is 1. The number of aromatic nitrogens is 2. The van der Waals surface area contributed by atoms with Crippen LogP contribution in [0.1, 0.15) is 81.8 Å². The van der Waals surface area contributed by atoms with Gasteiger partial charge in [-0.3, -0.25) is 20.0 Å². The molecule has 7 fully saturated rings. The molecule has 0 atom stereocenters. The Morgan fingerprint density at radius 1 is 0.889 bits per heavy atom. The van der Waals surface area contributed by atoms with Crippen molar-refractivity contribution >= 4 is 23.3 Å². The van der Waals surface area contributed by atoms with Gasteiger partial charge in [-0.2, -0.15) is 0 Å². The highest BCUT2D eigenvalue weighted by atomic mass is 16.5. The van der Waals surface area contributed by atoms with Crippen molar-refractivity contribution in [3.05, 3.63) is 72.1 Å². The van der Waals surface area contributed by atoms with E-state index < -0.39 is 0 Å². The summed E-state index contributed by atoms with van der Waals surface area (Å²) in [4.78, 5) is 29.5. The second kappa shape index (κ2) is 14.5. The van der Waals surface area contributed by atoms with E-state index in [2.05, 4.69) is 30.0 Å². The number of likely N-dealkylation sites (tertiary alicyclic amines) is 3. The number of piperidine rings is 2. The van der Waals surface area contributed by atoms with Crippen LogP contribution in [0, 0.1) is 28.6 Å². The first-order valence-electron chi connectivity index (χ1n) is 20.4. The molecule has 4 heterocycles. The Balaban J connectivity index is 0.757. The fourth-order valence-corrected chi connectivity index (χ4v) is 11.6. The van der Waals surface area contributed by atoms with E-state index in [4.69, 9.17) is 15.9 Å². The number of hydrogen-bond acceptors (Lipinski definition) is 10. The van der Waals surface area contributed by atoms with Crippen LogP contribution in [0.3, 0.4) is 0 Å². The van der Waals surface area contributed by atoms with Crippen LogP contribution in [-0.4, -0.2) is 105 Å². The van der Waals surface area contributed by atoms with Crippen LogP contribution < -0.4 is 15.8 Å². The van der Waals surface area contributed by atoms with Gasteiger partial charge in [-0.05, 0) is 124 Å². The third kappa shape index (κ3) is 6.99. The summed E-state index contributed by atoms with van der Waals surface area (Å²) >= 11 is 0. The lowest BCUT2D eigenvalue weighted by Gasteiger charge is -2.57. The molecular formula is C43H56N8O3. The van der Waals surface area contributed by atoms with Gasteiger partial charge in [0, 0.05) is 68.9 Å². The first-order chi connectivity index (χ1) is 26.3. The number of rotatable bonds is 11. The van der Waals surface area contributed by atoms with Gasteiger partial charge in [0.1, 0.15) is 29.5 Å². The topological polar surface area (TPSA) is 144 Å². The molecule has 7 aliphatic rings. The molecule has 286 valence electrons. The number of aliphatic hydroxyl groups excluding tert-OH is 1. The maximum Gasteiger partial charge on any atom is 0.223 e. The van der Waals surface area contributed by atoms with E-state index in [1.165, 1.54) is 44.9 Å². The number of aliphatic hydroxyl groups is 1. The number of anilines is 2. The zero-order valence-corrected chi connectivity index (χ0v) is 31.5. The van der Waals surface area contributed by atoms with Gasteiger partial charge in [0.15, 0.2) is 0 Å². The van der Waals surface area contributed by atoms with Crippen LogP contribution >= 0.6 is 0 Å². The van der Waals surface area contributed by atoms with Crippen LogP contribution in [0.15, 0.2) is 60.9 Å². The minimum atomic E-state index is -0.206. The van der Waals surface area contributed by atoms with Gasteiger partial charge in [-0.25, -0.2) is 9.97 Å². The minimum Gasteiger partial charge on any atom is -0.457 e. The lowest BCUT2D eigenvalue weighted by atomic mass is 9.49. The van der Waals surface area contributed by atoms with E-state index in [0.717, 1.165) is 94.9 Å². The van der Waals surface area contributed by atoms with Crippen molar-refractivity contribution < 1.29 is 14.6 Å². The van der Waals surface area contributed by atoms with Gasteiger partial charge >= 0.3 is 0 Å². The minimum absolute atomic E-state index is 0.163. The molecule has 0 radical (unpaired) electrons. The molecule has 54 heavy (non-hydrogen) atoms. The quantitative estimate of drug-likeness (QED) is 0.180. The maximum absolute atomic E-state index is 13.5. The third-order valence-electron chi connectivity index (χ3n) is 14.2. The first-order valence-corrected chi connectivity index (χ1v) is 20.4. The van der Waals surface area contributed by atoms with Crippen molar-refractivity contribution in [2.75, 3.05) is 56.9 Å². The van der Waals surface area contributed by atoms with E-state index in [9.17, 15) is 9.90 Å². The molecule has 1 amide bonds. The number of nitrogens with zero attached hydrogens (tertiary/aromatic N) is 5. The molecule has 2 aromatic carbocycles. The molecule has 3 aliphatic heterocycles. The summed E-state index contributed by atoms with van der Waals surface area (Å²) < 4.78 is 5.94. The summed E-state index contributed by atoms with van der Waals surface area (Å²) in [6.07, 6.45) is 14.1. The molecule has 3 saturated heterocycles. The predicted octanol–water partition coefficient (Wildman–Crippen LogP) is 5.79. The largest absolute Gasteiger partial charge is 0.457 e. The molecule has 11 heteroatoms. The number of nitrogens with two attached hydrogens (primary N) is 1. The molecule has 4 saturated carbocycles. The average molecular weight is 733 g/mol. The number of carbonyl (C=O) groups is 1. The second-order valence-corrected chi connectivity index (χ2v) is 17.7. The normalized spacial score (nSPS) is 28.5. The summed E-state index contributed by atoms with van der Waals surface area (Å²) in [5.41, 5.74) is 7.93. The number of nitrogens with one attached hydrogen (secondary N) is 2. The van der Waals surface area contributed by atoms with E-state index in [0.29, 0.717) is 40.1 Å². The molecule has 1 aromatic heterocycles. The fraction of sp³-hybridized carbons (Fsp3) is 0.581. The number of benzene rings is 2. The predicted molar refractivity (Wildman–Crippen MR) is 210 cm³/mol. The van der Waals surface area contributed by atoms with Gasteiger partial charge < -0.3 is 25.8 Å². The highest BCUT2D eigenvalue weighted by molar-refractivity contribution is 6.16. The molecule has 4 bridgehead atoms. The molecular weight excluding hydrogens is 677 g/mol. The smallest absolute Gasteiger partial charge is 0.223 e. The summed E-state index contributed by atoms with van der Waals surface area (Å²) in [6.45, 7) is 5.59. The number of hydrogen-bond donors (Lipinski definition) is 4. The van der Waals surface area contributed by atoms with Crippen LogP contribution in [-0.2, 0) is 4.79 Å². The second-order valence-electron chi connectivity index (χ2n) is 17.7. The fourth-order valence-electron chi connectivity index (χ4n) is 11.6. The first kappa shape index (κ1) is 35.6. The van der Waals surface area contributed by atoms with E-state index in [1.54, 1.807) is 0 Å². The summed E-state index contributed by atoms with van der Waals surface area (Å²) in [7, 11) is 0. The number of para-hydroxylation sites is 1. The van der Waals surface area contributed by atoms with Gasteiger partial charge in [0.2, 0.25) is 5.91 Å². The Kier molecular flexibility index (Phi) is 9.60. The highest BCUT2D eigenvalue weighted by Gasteiger charge is 2.52. The summed E-state index contributed by atoms with van der Waals surface area (Å²) in [5.74, 6) is 5.36. The third-order valence-corrected chi connectivity index (χ3v) is 14.2. The van der Waals surface area contributed by atoms with Crippen molar-refractivity contribution in [1.29, 1.82) is 5.41 Å². The molecule has 11 nitrogen and oxygen atoms in total. The van der Waals surface area contributed by atoms with Crippen molar-refractivity contribution in [3.8, 4) is 11.5 Å². The van der Waals surface area contributed by atoms with E-state index >= 15 is 0 Å². The van der Waals surface area contributed by atoms with Crippen LogP contribution in [0.5, 0.6) is 11.5 Å². The number of ether oxygens (including phenoxy) is 1. The molecule has 0 spiro atoms. The monoisotopic (exact) mass is 732 g/mol. The Morgan fingerprint density at radius 2 is 1.52 bits per heavy atom. The van der Waals surface area contributed by atoms with Gasteiger partial charge in [0.25, 0.3) is 0 Å². The Bertz CT molecular complexity index is 1780. The molecule has 3 aromatic rings. The standard InChI is InChI=1S/C43H56N8O3/c44-39(32-6-8-36(9-7-32)54-35-4-2-1-3-5-35)38-40(45)46-28-47-41(38)48-33-10-14-51(15-11-33)43(27-52)12-16-49(17-13-43)34-25-50(26-34)37(53)24-42-21-29-18-30(22-42)20-31(19-29)23-42/h1-9,28-31,33-34,44,52H,10-27H2,(H3,45,46,47,48). The number of nitrogen functional groups attached to an aromatic ring is 1. The van der Waals surface area contributed by atoms with Crippen LogP contribution in [0.2, 0.25) is 0 Å². The SMILES string of the molecule is N=C(c1ccc(Oc2ccccc2)cc1)c1c(N)ncnc1NC1CCN(C2(CO)CCN(C3CN(C(=O)CC45CC6CC(CC(C6)C4)C5)C3)CC2)CC1. The number of carbonyl (C=O) groups excluding carboxylic acids is 1. The molecule has 10 rings (SSSR count). The van der Waals surface area contributed by atoms with E-state index in [-0.39, 0.29) is 29.7 Å². The lowest BCUT2D eigenvalue weighted by Crippen LogP contribution is -2.66. The Hall–Kier alpha value is -4.06. The van der Waals surface area contributed by atoms with E-state index in [1.807, 2.05) is 54.6 Å². The van der Waals surface area contributed by atoms with Crippen molar-refractivity contribution in [1.82, 2.24) is 24.7 Å². The highest BCUT2D eigenvalue weighted by Crippen LogP contribution is 2.61. The molecule has 4 aliphatic carbocycles. The molecule has 0 unspecified atom stereocenters. The zero-order valence-electron chi connectivity index (χ0n) is 31.5. The van der Waals surface area contributed by atoms with Gasteiger partial charge in [-0.1, -0.05) is 18.2 Å². The summed E-state index contributed by atoms with van der Waals surface area (Å²) in [6, 6.07) is 17.7. The zero-order chi connectivity index (χ0) is 36.9. The maximum atomic E-state index is 13.5. The van der Waals surface area contributed by atoms with Crippen LogP contribution in [0.25, 0.3) is 0 Å². The average Bonchev–Trinajstić information content (AvgIpc) is 3.15. The van der Waals surface area contributed by atoms with Crippen molar-refractivity contribution in [2.45, 2.75) is 88.3 Å². The Morgan fingerprint density at radius 3 is 2.15 bits per heavy atom.